The molecule has 2 N–H and O–H groups in total. The summed E-state index contributed by atoms with van der Waals surface area (Å²) < 4.78 is 23.6. The Hall–Kier alpha value is -0.620. The molecule has 0 unspecified atom stereocenters. The fourth-order valence-electron chi connectivity index (χ4n) is 1.99. The Morgan fingerprint density at radius 1 is 1.14 bits per heavy atom. The smallest absolute Gasteiger partial charge is 0.155 e. The van der Waals surface area contributed by atoms with Crippen LogP contribution in [-0.2, 0) is 15.3 Å². The quantitative estimate of drug-likeness (QED) is 0.836. The van der Waals surface area contributed by atoms with Gasteiger partial charge in [-0.2, -0.15) is 0 Å². The van der Waals surface area contributed by atoms with Crippen molar-refractivity contribution in [2.45, 2.75) is 37.4 Å². The number of aliphatic hydroxyl groups is 2. The van der Waals surface area contributed by atoms with Crippen molar-refractivity contribution < 1.29 is 18.6 Å². The predicted molar refractivity (Wildman–Crippen MR) is 85.5 cm³/mol. The molecule has 0 radical (unpaired) electrons. The van der Waals surface area contributed by atoms with Gasteiger partial charge in [-0.3, -0.25) is 0 Å². The number of rotatable bonds is 6. The lowest BCUT2D eigenvalue weighted by Gasteiger charge is -2.31. The minimum absolute atomic E-state index is 0.107. The Bertz CT molecular complexity index is 572. The maximum atomic E-state index is 12.2. The van der Waals surface area contributed by atoms with Crippen molar-refractivity contribution in [2.75, 3.05) is 19.0 Å². The summed E-state index contributed by atoms with van der Waals surface area (Å²) in [6.45, 7) is 4.23. The highest BCUT2D eigenvalue weighted by atomic mass is 35.5. The number of hydrogen-bond acceptors (Lipinski definition) is 4. The molecule has 21 heavy (non-hydrogen) atoms. The SMILES string of the molecule is CC(C)(C)S(=O)(=O)CCC(CO)(CO)c1cccc(Cl)c1. The summed E-state index contributed by atoms with van der Waals surface area (Å²) in [5, 5.41) is 19.9. The second-order valence-electron chi connectivity index (χ2n) is 6.29. The highest BCUT2D eigenvalue weighted by molar-refractivity contribution is 7.92. The molecule has 0 fully saturated rings. The lowest BCUT2D eigenvalue weighted by Crippen LogP contribution is -2.39. The second-order valence-corrected chi connectivity index (χ2v) is 9.59. The van der Waals surface area contributed by atoms with Crippen molar-refractivity contribution in [3.8, 4) is 0 Å². The average molecular weight is 335 g/mol. The number of benzene rings is 1. The number of hydrogen-bond donors (Lipinski definition) is 2. The number of sulfone groups is 1. The molecule has 0 aliphatic carbocycles. The van der Waals surface area contributed by atoms with Crippen LogP contribution in [0.5, 0.6) is 0 Å². The van der Waals surface area contributed by atoms with E-state index in [-0.39, 0.29) is 25.4 Å². The van der Waals surface area contributed by atoms with Gasteiger partial charge in [0, 0.05) is 10.4 Å². The zero-order valence-electron chi connectivity index (χ0n) is 12.6. The molecule has 0 bridgehead atoms. The summed E-state index contributed by atoms with van der Waals surface area (Å²) in [6.07, 6.45) is 0.139. The van der Waals surface area contributed by atoms with Crippen LogP contribution in [0.2, 0.25) is 5.02 Å². The van der Waals surface area contributed by atoms with Crippen LogP contribution in [0.3, 0.4) is 0 Å². The highest BCUT2D eigenvalue weighted by Crippen LogP contribution is 2.31. The van der Waals surface area contributed by atoms with Gasteiger partial charge in [0.1, 0.15) is 0 Å². The average Bonchev–Trinajstić information content (AvgIpc) is 2.39. The van der Waals surface area contributed by atoms with Crippen molar-refractivity contribution in [3.63, 3.8) is 0 Å². The van der Waals surface area contributed by atoms with Crippen LogP contribution < -0.4 is 0 Å². The minimum Gasteiger partial charge on any atom is -0.395 e. The highest BCUT2D eigenvalue weighted by Gasteiger charge is 2.36. The molecule has 0 saturated heterocycles. The van der Waals surface area contributed by atoms with Gasteiger partial charge < -0.3 is 10.2 Å². The lowest BCUT2D eigenvalue weighted by molar-refractivity contribution is 0.113. The Labute approximate surface area is 131 Å². The van der Waals surface area contributed by atoms with E-state index >= 15 is 0 Å². The topological polar surface area (TPSA) is 74.6 Å². The molecule has 0 atom stereocenters. The van der Waals surface area contributed by atoms with Gasteiger partial charge in [0.25, 0.3) is 0 Å². The molecule has 0 aromatic heterocycles. The third kappa shape index (κ3) is 4.19. The van der Waals surface area contributed by atoms with Crippen molar-refractivity contribution >= 4 is 21.4 Å². The molecule has 1 rings (SSSR count). The van der Waals surface area contributed by atoms with E-state index in [1.165, 1.54) is 0 Å². The van der Waals surface area contributed by atoms with Gasteiger partial charge in [-0.1, -0.05) is 23.7 Å². The fraction of sp³-hybridized carbons (Fsp3) is 0.600. The van der Waals surface area contributed by atoms with Crippen LogP contribution in [0.15, 0.2) is 24.3 Å². The first-order chi connectivity index (χ1) is 9.58. The molecular formula is C15H23ClO4S. The molecule has 1 aromatic carbocycles. The van der Waals surface area contributed by atoms with E-state index in [1.54, 1.807) is 45.0 Å². The van der Waals surface area contributed by atoms with Gasteiger partial charge in [0.2, 0.25) is 0 Å². The Morgan fingerprint density at radius 3 is 2.14 bits per heavy atom. The third-order valence-electron chi connectivity index (χ3n) is 3.82. The van der Waals surface area contributed by atoms with Crippen LogP contribution >= 0.6 is 11.6 Å². The summed E-state index contributed by atoms with van der Waals surface area (Å²) in [7, 11) is -3.32. The maximum Gasteiger partial charge on any atom is 0.155 e. The van der Waals surface area contributed by atoms with Gasteiger partial charge in [-0.05, 0) is 44.9 Å². The van der Waals surface area contributed by atoms with Crippen molar-refractivity contribution in [3.05, 3.63) is 34.9 Å². The zero-order valence-corrected chi connectivity index (χ0v) is 14.2. The molecule has 6 heteroatoms. The summed E-state index contributed by atoms with van der Waals surface area (Å²) in [6, 6.07) is 6.80. The molecule has 0 aliphatic rings. The third-order valence-corrected chi connectivity index (χ3v) is 6.67. The molecule has 0 saturated carbocycles. The van der Waals surface area contributed by atoms with E-state index in [4.69, 9.17) is 11.6 Å². The van der Waals surface area contributed by atoms with Gasteiger partial charge in [0.15, 0.2) is 9.84 Å². The number of aliphatic hydroxyl groups excluding tert-OH is 2. The second kappa shape index (κ2) is 6.65. The number of halogens is 1. The van der Waals surface area contributed by atoms with Crippen molar-refractivity contribution in [1.29, 1.82) is 0 Å². The molecular weight excluding hydrogens is 312 g/mol. The van der Waals surface area contributed by atoms with Gasteiger partial charge in [0.05, 0.1) is 23.7 Å². The first-order valence-electron chi connectivity index (χ1n) is 6.78. The van der Waals surface area contributed by atoms with Crippen LogP contribution in [0.4, 0.5) is 0 Å². The van der Waals surface area contributed by atoms with E-state index in [2.05, 4.69) is 0 Å². The Kier molecular flexibility index (Phi) is 5.83. The summed E-state index contributed by atoms with van der Waals surface area (Å²) in [5.74, 6) is -0.107. The van der Waals surface area contributed by atoms with E-state index in [1.807, 2.05) is 0 Å². The minimum atomic E-state index is -3.32. The largest absolute Gasteiger partial charge is 0.395 e. The molecule has 0 spiro atoms. The molecule has 0 amide bonds. The monoisotopic (exact) mass is 334 g/mol. The normalized spacial score (nSPS) is 13.4. The van der Waals surface area contributed by atoms with Gasteiger partial charge >= 0.3 is 0 Å². The first-order valence-corrected chi connectivity index (χ1v) is 8.81. The van der Waals surface area contributed by atoms with Gasteiger partial charge in [-0.25, -0.2) is 8.42 Å². The van der Waals surface area contributed by atoms with Crippen LogP contribution in [0, 0.1) is 0 Å². The van der Waals surface area contributed by atoms with Crippen LogP contribution in [-0.4, -0.2) is 42.3 Å². The fourth-order valence-corrected chi connectivity index (χ4v) is 3.45. The Morgan fingerprint density at radius 2 is 1.71 bits per heavy atom. The van der Waals surface area contributed by atoms with E-state index in [0.717, 1.165) is 0 Å². The van der Waals surface area contributed by atoms with Crippen LogP contribution in [0.1, 0.15) is 32.8 Å². The van der Waals surface area contributed by atoms with Crippen molar-refractivity contribution in [2.24, 2.45) is 0 Å². The van der Waals surface area contributed by atoms with Gasteiger partial charge in [-0.15, -0.1) is 0 Å². The summed E-state index contributed by atoms with van der Waals surface area (Å²) in [4.78, 5) is 0. The Balaban J connectivity index is 3.09. The maximum absolute atomic E-state index is 12.2. The lowest BCUT2D eigenvalue weighted by atomic mass is 9.79. The zero-order chi connectivity index (χ0) is 16.3. The molecule has 120 valence electrons. The molecule has 4 nitrogen and oxygen atoms in total. The van der Waals surface area contributed by atoms with Crippen LogP contribution in [0.25, 0.3) is 0 Å². The summed E-state index contributed by atoms with van der Waals surface area (Å²) >= 11 is 5.95. The van der Waals surface area contributed by atoms with E-state index < -0.39 is 20.0 Å². The molecule has 1 aromatic rings. The van der Waals surface area contributed by atoms with E-state index in [0.29, 0.717) is 10.6 Å². The standard InChI is InChI=1S/C15H23ClO4S/c1-14(2,3)21(19,20)8-7-15(10-17,11-18)12-5-4-6-13(16)9-12/h4-6,9,17-18H,7-8,10-11H2,1-3H3. The van der Waals surface area contributed by atoms with Crippen molar-refractivity contribution in [1.82, 2.24) is 0 Å². The van der Waals surface area contributed by atoms with E-state index in [9.17, 15) is 18.6 Å². The predicted octanol–water partition coefficient (Wildman–Crippen LogP) is 2.17. The first kappa shape index (κ1) is 18.4. The summed E-state index contributed by atoms with van der Waals surface area (Å²) in [5.41, 5.74) is -0.368. The molecule has 0 aliphatic heterocycles. The molecule has 0 heterocycles.